The van der Waals surface area contributed by atoms with Crippen LogP contribution in [0.25, 0.3) is 0 Å². The molecule has 2 rings (SSSR count). The van der Waals surface area contributed by atoms with Crippen LogP contribution in [0.2, 0.25) is 5.02 Å². The molecular weight excluding hydrogens is 399 g/mol. The molecule has 0 aliphatic carbocycles. The first kappa shape index (κ1) is 21.5. The van der Waals surface area contributed by atoms with Crippen molar-refractivity contribution in [3.63, 3.8) is 0 Å². The smallest absolute Gasteiger partial charge is 0.406 e. The quantitative estimate of drug-likeness (QED) is 0.648. The first-order chi connectivity index (χ1) is 13.1. The Labute approximate surface area is 164 Å². The molecule has 2 aromatic carbocycles. The second-order valence-corrected chi connectivity index (χ2v) is 6.37. The third-order valence-electron chi connectivity index (χ3n) is 3.44. The van der Waals surface area contributed by atoms with Crippen molar-refractivity contribution in [1.29, 1.82) is 0 Å². The Morgan fingerprint density at radius 2 is 1.57 bits per heavy atom. The molecule has 28 heavy (non-hydrogen) atoms. The van der Waals surface area contributed by atoms with Crippen LogP contribution in [0, 0.1) is 0 Å². The first-order valence-corrected chi connectivity index (χ1v) is 8.51. The number of hydrogen-bond acceptors (Lipinski definition) is 3. The fourth-order valence-corrected chi connectivity index (χ4v) is 2.50. The lowest BCUT2D eigenvalue weighted by atomic mass is 10.3. The van der Waals surface area contributed by atoms with Gasteiger partial charge in [-0.25, -0.2) is 0 Å². The van der Waals surface area contributed by atoms with Gasteiger partial charge in [0.05, 0.1) is 17.8 Å². The Morgan fingerprint density at radius 1 is 1.00 bits per heavy atom. The molecule has 3 N–H and O–H groups in total. The molecule has 10 heteroatoms. The number of alkyl halides is 3. The maximum Gasteiger partial charge on any atom is 0.573 e. The summed E-state index contributed by atoms with van der Waals surface area (Å²) in [6.07, 6.45) is -4.78. The van der Waals surface area contributed by atoms with Crippen LogP contribution in [0.3, 0.4) is 0 Å². The summed E-state index contributed by atoms with van der Waals surface area (Å²) >= 11 is 5.97. The molecular formula is C18H18ClF3N3O3+. The second-order valence-electron chi connectivity index (χ2n) is 5.96. The van der Waals surface area contributed by atoms with Gasteiger partial charge in [0, 0.05) is 5.69 Å². The van der Waals surface area contributed by atoms with E-state index in [-0.39, 0.29) is 24.7 Å². The molecule has 0 spiro atoms. The van der Waals surface area contributed by atoms with Gasteiger partial charge in [-0.15, -0.1) is 13.2 Å². The Bertz CT molecular complexity index is 829. The number of ether oxygens (including phenoxy) is 1. The van der Waals surface area contributed by atoms with Gasteiger partial charge in [0.15, 0.2) is 13.1 Å². The summed E-state index contributed by atoms with van der Waals surface area (Å²) in [5.41, 5.74) is 0.792. The molecule has 6 nitrogen and oxygen atoms in total. The van der Waals surface area contributed by atoms with Gasteiger partial charge >= 0.3 is 6.36 Å². The summed E-state index contributed by atoms with van der Waals surface area (Å²) in [6.45, 7) is 0.00769. The molecule has 0 aliphatic heterocycles. The minimum Gasteiger partial charge on any atom is -0.406 e. The highest BCUT2D eigenvalue weighted by Crippen LogP contribution is 2.24. The van der Waals surface area contributed by atoms with E-state index in [9.17, 15) is 22.8 Å². The summed E-state index contributed by atoms with van der Waals surface area (Å²) in [7, 11) is 1.66. The second kappa shape index (κ2) is 9.43. The fourth-order valence-electron chi connectivity index (χ4n) is 2.31. The van der Waals surface area contributed by atoms with Crippen molar-refractivity contribution in [2.45, 2.75) is 6.36 Å². The Balaban J connectivity index is 1.80. The minimum atomic E-state index is -4.78. The highest BCUT2D eigenvalue weighted by molar-refractivity contribution is 6.33. The maximum absolute atomic E-state index is 12.1. The lowest BCUT2D eigenvalue weighted by Crippen LogP contribution is -3.11. The van der Waals surface area contributed by atoms with E-state index in [1.54, 1.807) is 31.3 Å². The number of halogens is 4. The van der Waals surface area contributed by atoms with Crippen molar-refractivity contribution >= 4 is 34.8 Å². The van der Waals surface area contributed by atoms with E-state index >= 15 is 0 Å². The summed E-state index contributed by atoms with van der Waals surface area (Å²) < 4.78 is 40.1. The summed E-state index contributed by atoms with van der Waals surface area (Å²) in [6, 6.07) is 11.5. The SMILES string of the molecule is C[NH+](CC(=O)Nc1ccc(OC(F)(F)F)cc1)CC(=O)Nc1ccccc1Cl. The lowest BCUT2D eigenvalue weighted by molar-refractivity contribution is -0.862. The monoisotopic (exact) mass is 416 g/mol. The number of rotatable bonds is 7. The number of amides is 2. The zero-order chi connectivity index (χ0) is 20.7. The number of para-hydroxylation sites is 1. The van der Waals surface area contributed by atoms with E-state index in [2.05, 4.69) is 15.4 Å². The van der Waals surface area contributed by atoms with E-state index in [0.29, 0.717) is 21.3 Å². The molecule has 1 atom stereocenters. The third-order valence-corrected chi connectivity index (χ3v) is 3.77. The molecule has 0 aromatic heterocycles. The summed E-state index contributed by atoms with van der Waals surface area (Å²) in [4.78, 5) is 24.7. The van der Waals surface area contributed by atoms with E-state index in [1.807, 2.05) is 0 Å². The van der Waals surface area contributed by atoms with Crippen LogP contribution in [-0.4, -0.2) is 38.3 Å². The van der Waals surface area contributed by atoms with Crippen LogP contribution in [0.1, 0.15) is 0 Å². The molecule has 1 unspecified atom stereocenters. The van der Waals surface area contributed by atoms with Gasteiger partial charge < -0.3 is 20.3 Å². The Morgan fingerprint density at radius 3 is 2.14 bits per heavy atom. The average Bonchev–Trinajstić information content (AvgIpc) is 2.57. The van der Waals surface area contributed by atoms with Crippen molar-refractivity contribution in [3.05, 3.63) is 53.6 Å². The van der Waals surface area contributed by atoms with Crippen LogP contribution < -0.4 is 20.3 Å². The van der Waals surface area contributed by atoms with Crippen molar-refractivity contribution in [2.24, 2.45) is 0 Å². The van der Waals surface area contributed by atoms with Gasteiger partial charge in [0.1, 0.15) is 5.75 Å². The highest BCUT2D eigenvalue weighted by atomic mass is 35.5. The molecule has 0 aliphatic rings. The first-order valence-electron chi connectivity index (χ1n) is 8.14. The molecule has 0 saturated heterocycles. The number of quaternary nitrogens is 1. The number of likely N-dealkylation sites (N-methyl/N-ethyl adjacent to an activating group) is 1. The van der Waals surface area contributed by atoms with Gasteiger partial charge in [-0.3, -0.25) is 9.59 Å². The molecule has 0 bridgehead atoms. The largest absolute Gasteiger partial charge is 0.573 e. The molecule has 0 fully saturated rings. The summed E-state index contributed by atoms with van der Waals surface area (Å²) in [5, 5.41) is 5.61. The van der Waals surface area contributed by atoms with E-state index in [0.717, 1.165) is 12.1 Å². The third kappa shape index (κ3) is 7.45. The van der Waals surface area contributed by atoms with Gasteiger partial charge in [0.2, 0.25) is 0 Å². The standard InChI is InChI=1S/C18H17ClF3N3O3/c1-25(11-17(27)24-15-5-3-2-4-14(15)19)10-16(26)23-12-6-8-13(9-7-12)28-18(20,21)22/h2-9H,10-11H2,1H3,(H,23,26)(H,24,27)/p+1. The number of nitrogens with one attached hydrogen (secondary N) is 3. The lowest BCUT2D eigenvalue weighted by Gasteiger charge is -2.14. The van der Waals surface area contributed by atoms with Gasteiger partial charge in [-0.05, 0) is 36.4 Å². The van der Waals surface area contributed by atoms with Crippen molar-refractivity contribution in [3.8, 4) is 5.75 Å². The summed E-state index contributed by atoms with van der Waals surface area (Å²) in [5.74, 6) is -1.09. The van der Waals surface area contributed by atoms with Crippen molar-refractivity contribution in [2.75, 3.05) is 30.8 Å². The van der Waals surface area contributed by atoms with Crippen molar-refractivity contribution < 1.29 is 32.4 Å². The average molecular weight is 417 g/mol. The molecule has 0 saturated carbocycles. The van der Waals surface area contributed by atoms with Crippen LogP contribution in [0.5, 0.6) is 5.75 Å². The number of hydrogen-bond donors (Lipinski definition) is 3. The molecule has 0 heterocycles. The normalized spacial score (nSPS) is 12.2. The predicted octanol–water partition coefficient (Wildman–Crippen LogP) is 2.33. The van der Waals surface area contributed by atoms with Crippen LogP contribution in [-0.2, 0) is 9.59 Å². The zero-order valence-corrected chi connectivity index (χ0v) is 15.5. The molecule has 2 aromatic rings. The van der Waals surface area contributed by atoms with Crippen molar-refractivity contribution in [1.82, 2.24) is 0 Å². The number of carbonyl (C=O) groups is 2. The Kier molecular flexibility index (Phi) is 7.24. The van der Waals surface area contributed by atoms with Crippen LogP contribution >= 0.6 is 11.6 Å². The minimum absolute atomic E-state index is 0.0171. The van der Waals surface area contributed by atoms with E-state index < -0.39 is 12.3 Å². The van der Waals surface area contributed by atoms with Gasteiger partial charge in [-0.2, -0.15) is 0 Å². The van der Waals surface area contributed by atoms with Gasteiger partial charge in [-0.1, -0.05) is 23.7 Å². The van der Waals surface area contributed by atoms with E-state index in [1.165, 1.54) is 12.1 Å². The Hall–Kier alpha value is -2.78. The van der Waals surface area contributed by atoms with E-state index in [4.69, 9.17) is 11.6 Å². The topological polar surface area (TPSA) is 71.9 Å². The molecule has 2 amide bonds. The number of anilines is 2. The van der Waals surface area contributed by atoms with Crippen LogP contribution in [0.15, 0.2) is 48.5 Å². The predicted molar refractivity (Wildman–Crippen MR) is 98.5 cm³/mol. The molecule has 0 radical (unpaired) electrons. The van der Waals surface area contributed by atoms with Gasteiger partial charge in [0.25, 0.3) is 11.8 Å². The number of benzene rings is 2. The maximum atomic E-state index is 12.1. The van der Waals surface area contributed by atoms with Crippen LogP contribution in [0.4, 0.5) is 24.5 Å². The number of carbonyl (C=O) groups excluding carboxylic acids is 2. The fraction of sp³-hybridized carbons (Fsp3) is 0.222. The highest BCUT2D eigenvalue weighted by Gasteiger charge is 2.31. The molecule has 150 valence electrons. The zero-order valence-electron chi connectivity index (χ0n) is 14.8.